The summed E-state index contributed by atoms with van der Waals surface area (Å²) in [7, 11) is 0. The minimum Gasteiger partial charge on any atom is -0.508 e. The number of hydrogen-bond donors (Lipinski definition) is 2. The number of hydrogen-bond acceptors (Lipinski definition) is 2. The number of nitrogens with one attached hydrogen (secondary N) is 1. The van der Waals surface area contributed by atoms with Gasteiger partial charge in [-0.3, -0.25) is 4.79 Å². The summed E-state index contributed by atoms with van der Waals surface area (Å²) >= 11 is 0. The van der Waals surface area contributed by atoms with Gasteiger partial charge in [0.2, 0.25) is 0 Å². The van der Waals surface area contributed by atoms with Crippen LogP contribution in [0.1, 0.15) is 15.9 Å². The van der Waals surface area contributed by atoms with Crippen LogP contribution in [0, 0.1) is 0 Å². The number of rotatable bonds is 4. The lowest BCUT2D eigenvalue weighted by atomic mass is 10.1. The summed E-state index contributed by atoms with van der Waals surface area (Å²) < 4.78 is 0. The SMILES string of the molecule is O=C(NCCc1cccc(O)c1)c1ccccc1. The van der Waals surface area contributed by atoms with Crippen LogP contribution >= 0.6 is 0 Å². The van der Waals surface area contributed by atoms with E-state index in [-0.39, 0.29) is 11.7 Å². The highest BCUT2D eigenvalue weighted by Crippen LogP contribution is 2.10. The molecule has 0 spiro atoms. The number of aromatic hydroxyl groups is 1. The first-order chi connectivity index (χ1) is 8.75. The molecule has 3 heteroatoms. The van der Waals surface area contributed by atoms with Crippen molar-refractivity contribution in [3.63, 3.8) is 0 Å². The van der Waals surface area contributed by atoms with Crippen molar-refractivity contribution < 1.29 is 9.90 Å². The summed E-state index contributed by atoms with van der Waals surface area (Å²) in [6.07, 6.45) is 0.701. The van der Waals surface area contributed by atoms with Gasteiger partial charge in [0.1, 0.15) is 5.75 Å². The van der Waals surface area contributed by atoms with Gasteiger partial charge in [-0.2, -0.15) is 0 Å². The molecule has 0 saturated heterocycles. The lowest BCUT2D eigenvalue weighted by Crippen LogP contribution is -2.25. The lowest BCUT2D eigenvalue weighted by Gasteiger charge is -2.05. The maximum absolute atomic E-state index is 11.7. The van der Waals surface area contributed by atoms with E-state index in [1.54, 1.807) is 30.3 Å². The van der Waals surface area contributed by atoms with Crippen LogP contribution < -0.4 is 5.32 Å². The van der Waals surface area contributed by atoms with Gasteiger partial charge in [0.05, 0.1) is 0 Å². The third-order valence-electron chi connectivity index (χ3n) is 2.65. The van der Waals surface area contributed by atoms with E-state index in [0.29, 0.717) is 18.5 Å². The summed E-state index contributed by atoms with van der Waals surface area (Å²) in [5, 5.41) is 12.2. The zero-order valence-electron chi connectivity index (χ0n) is 9.97. The number of carbonyl (C=O) groups is 1. The first kappa shape index (κ1) is 12.2. The molecule has 0 heterocycles. The summed E-state index contributed by atoms with van der Waals surface area (Å²) in [5.41, 5.74) is 1.66. The second-order valence-electron chi connectivity index (χ2n) is 4.04. The Hall–Kier alpha value is -2.29. The molecule has 0 unspecified atom stereocenters. The Bertz CT molecular complexity index is 523. The Morgan fingerprint density at radius 3 is 2.56 bits per heavy atom. The Morgan fingerprint density at radius 2 is 1.83 bits per heavy atom. The Kier molecular flexibility index (Phi) is 3.97. The molecule has 18 heavy (non-hydrogen) atoms. The van der Waals surface area contributed by atoms with Gasteiger partial charge >= 0.3 is 0 Å². The molecule has 0 aliphatic heterocycles. The second kappa shape index (κ2) is 5.87. The van der Waals surface area contributed by atoms with Crippen LogP contribution in [0.5, 0.6) is 5.75 Å². The fraction of sp³-hybridized carbons (Fsp3) is 0.133. The van der Waals surface area contributed by atoms with Gasteiger partial charge in [0.25, 0.3) is 5.91 Å². The summed E-state index contributed by atoms with van der Waals surface area (Å²) in [5.74, 6) is 0.178. The van der Waals surface area contributed by atoms with Crippen LogP contribution in [0.4, 0.5) is 0 Å². The molecule has 2 rings (SSSR count). The van der Waals surface area contributed by atoms with Crippen LogP contribution in [0.15, 0.2) is 54.6 Å². The third-order valence-corrected chi connectivity index (χ3v) is 2.65. The molecule has 0 bridgehead atoms. The number of benzene rings is 2. The number of carbonyl (C=O) groups excluding carboxylic acids is 1. The quantitative estimate of drug-likeness (QED) is 0.863. The second-order valence-corrected chi connectivity index (χ2v) is 4.04. The predicted octanol–water partition coefficient (Wildman–Crippen LogP) is 2.36. The molecule has 1 amide bonds. The van der Waals surface area contributed by atoms with E-state index in [0.717, 1.165) is 5.56 Å². The summed E-state index contributed by atoms with van der Waals surface area (Å²) in [6, 6.07) is 16.2. The van der Waals surface area contributed by atoms with E-state index in [9.17, 15) is 9.90 Å². The first-order valence-corrected chi connectivity index (χ1v) is 5.87. The lowest BCUT2D eigenvalue weighted by molar-refractivity contribution is 0.0954. The van der Waals surface area contributed by atoms with E-state index in [2.05, 4.69) is 5.32 Å². The summed E-state index contributed by atoms with van der Waals surface area (Å²) in [4.78, 5) is 11.7. The van der Waals surface area contributed by atoms with Crippen molar-refractivity contribution in [1.82, 2.24) is 5.32 Å². The zero-order chi connectivity index (χ0) is 12.8. The maximum Gasteiger partial charge on any atom is 0.251 e. The zero-order valence-corrected chi connectivity index (χ0v) is 9.97. The highest BCUT2D eigenvalue weighted by molar-refractivity contribution is 5.94. The summed E-state index contributed by atoms with van der Waals surface area (Å²) in [6.45, 7) is 0.553. The van der Waals surface area contributed by atoms with Crippen LogP contribution in [-0.2, 0) is 6.42 Å². The van der Waals surface area contributed by atoms with E-state index in [4.69, 9.17) is 0 Å². The highest BCUT2D eigenvalue weighted by atomic mass is 16.3. The monoisotopic (exact) mass is 241 g/mol. The van der Waals surface area contributed by atoms with E-state index in [1.807, 2.05) is 24.3 Å². The van der Waals surface area contributed by atoms with Crippen molar-refractivity contribution in [1.29, 1.82) is 0 Å². The largest absolute Gasteiger partial charge is 0.508 e. The Labute approximate surface area is 106 Å². The normalized spacial score (nSPS) is 10.0. The minimum absolute atomic E-state index is 0.0734. The van der Waals surface area contributed by atoms with Gasteiger partial charge in [0, 0.05) is 12.1 Å². The van der Waals surface area contributed by atoms with E-state index < -0.39 is 0 Å². The van der Waals surface area contributed by atoms with Gasteiger partial charge in [-0.25, -0.2) is 0 Å². The Morgan fingerprint density at radius 1 is 1.06 bits per heavy atom. The molecule has 92 valence electrons. The van der Waals surface area contributed by atoms with E-state index in [1.165, 1.54) is 0 Å². The topological polar surface area (TPSA) is 49.3 Å². The van der Waals surface area contributed by atoms with Gasteiger partial charge in [-0.1, -0.05) is 30.3 Å². The van der Waals surface area contributed by atoms with Crippen molar-refractivity contribution in [2.75, 3.05) is 6.54 Å². The molecular weight excluding hydrogens is 226 g/mol. The molecule has 2 N–H and O–H groups in total. The van der Waals surface area contributed by atoms with Crippen molar-refractivity contribution in [3.05, 3.63) is 65.7 Å². The number of amides is 1. The fourth-order valence-corrected chi connectivity index (χ4v) is 1.72. The van der Waals surface area contributed by atoms with Crippen molar-refractivity contribution in [3.8, 4) is 5.75 Å². The van der Waals surface area contributed by atoms with Gasteiger partial charge in [0.15, 0.2) is 0 Å². The fourth-order valence-electron chi connectivity index (χ4n) is 1.72. The molecule has 0 fully saturated rings. The molecule has 0 saturated carbocycles. The minimum atomic E-state index is -0.0734. The molecule has 0 aliphatic rings. The van der Waals surface area contributed by atoms with Crippen molar-refractivity contribution in [2.45, 2.75) is 6.42 Å². The molecule has 0 radical (unpaired) electrons. The standard InChI is InChI=1S/C15H15NO2/c17-14-8-4-5-12(11-14)9-10-16-15(18)13-6-2-1-3-7-13/h1-8,11,17H,9-10H2,(H,16,18). The average Bonchev–Trinajstić information content (AvgIpc) is 2.40. The molecule has 2 aromatic rings. The maximum atomic E-state index is 11.7. The highest BCUT2D eigenvalue weighted by Gasteiger charge is 2.03. The molecule has 0 atom stereocenters. The molecule has 3 nitrogen and oxygen atoms in total. The van der Waals surface area contributed by atoms with Gasteiger partial charge in [-0.05, 0) is 36.2 Å². The van der Waals surface area contributed by atoms with Crippen LogP contribution in [0.25, 0.3) is 0 Å². The predicted molar refractivity (Wildman–Crippen MR) is 70.6 cm³/mol. The van der Waals surface area contributed by atoms with Crippen LogP contribution in [-0.4, -0.2) is 17.6 Å². The van der Waals surface area contributed by atoms with Crippen LogP contribution in [0.3, 0.4) is 0 Å². The van der Waals surface area contributed by atoms with Crippen molar-refractivity contribution in [2.24, 2.45) is 0 Å². The van der Waals surface area contributed by atoms with Gasteiger partial charge in [-0.15, -0.1) is 0 Å². The molecule has 0 aromatic heterocycles. The first-order valence-electron chi connectivity index (χ1n) is 5.87. The van der Waals surface area contributed by atoms with Crippen LogP contribution in [0.2, 0.25) is 0 Å². The third kappa shape index (κ3) is 3.35. The average molecular weight is 241 g/mol. The number of phenolic OH excluding ortho intramolecular Hbond substituents is 1. The number of phenols is 1. The molecule has 2 aromatic carbocycles. The Balaban J connectivity index is 1.84. The van der Waals surface area contributed by atoms with Crippen molar-refractivity contribution >= 4 is 5.91 Å². The van der Waals surface area contributed by atoms with Gasteiger partial charge < -0.3 is 10.4 Å². The molecular formula is C15H15NO2. The smallest absolute Gasteiger partial charge is 0.251 e. The molecule has 0 aliphatic carbocycles. The van der Waals surface area contributed by atoms with E-state index >= 15 is 0 Å².